The first-order valence-corrected chi connectivity index (χ1v) is 7.43. The largest absolute Gasteiger partial charge is 0.314 e. The normalized spacial score (nSPS) is 18.5. The predicted octanol–water partition coefficient (Wildman–Crippen LogP) is 3.27. The van der Waals surface area contributed by atoms with Crippen molar-refractivity contribution in [2.45, 2.75) is 39.2 Å². The summed E-state index contributed by atoms with van der Waals surface area (Å²) in [6.45, 7) is 8.32. The molecule has 0 saturated carbocycles. The average Bonchev–Trinajstić information content (AvgIpc) is 2.45. The van der Waals surface area contributed by atoms with E-state index < -0.39 is 0 Å². The summed E-state index contributed by atoms with van der Waals surface area (Å²) >= 11 is 0. The van der Waals surface area contributed by atoms with Crippen LogP contribution in [-0.2, 0) is 0 Å². The van der Waals surface area contributed by atoms with Crippen LogP contribution in [-0.4, -0.2) is 31.1 Å². The van der Waals surface area contributed by atoms with Crippen LogP contribution in [0.5, 0.6) is 0 Å². The van der Waals surface area contributed by atoms with Gasteiger partial charge in [0.15, 0.2) is 0 Å². The lowest BCUT2D eigenvalue weighted by molar-refractivity contribution is 0.162. The predicted molar refractivity (Wildman–Crippen MR) is 77.8 cm³/mol. The Morgan fingerprint density at radius 1 is 1.32 bits per heavy atom. The van der Waals surface area contributed by atoms with Gasteiger partial charge in [-0.05, 0) is 30.5 Å². The first kappa shape index (κ1) is 14.5. The lowest BCUT2D eigenvalue weighted by atomic mass is 9.94. The van der Waals surface area contributed by atoms with E-state index in [9.17, 15) is 4.39 Å². The van der Waals surface area contributed by atoms with Crippen molar-refractivity contribution < 1.29 is 4.39 Å². The summed E-state index contributed by atoms with van der Waals surface area (Å²) in [5.74, 6) is -0.0749. The smallest absolute Gasteiger partial charge is 0.126 e. The molecule has 1 aromatic rings. The summed E-state index contributed by atoms with van der Waals surface area (Å²) in [5, 5.41) is 3.39. The van der Waals surface area contributed by atoms with Gasteiger partial charge in [-0.15, -0.1) is 0 Å². The van der Waals surface area contributed by atoms with Gasteiger partial charge in [-0.2, -0.15) is 0 Å². The molecule has 0 spiro atoms. The number of nitrogens with one attached hydrogen (secondary N) is 1. The molecule has 1 aliphatic heterocycles. The Morgan fingerprint density at radius 3 is 2.74 bits per heavy atom. The molecular weight excluding hydrogens is 239 g/mol. The number of unbranched alkanes of at least 4 members (excludes halogenated alkanes) is 1. The van der Waals surface area contributed by atoms with Crippen molar-refractivity contribution in [3.8, 4) is 0 Å². The van der Waals surface area contributed by atoms with E-state index in [1.165, 1.54) is 18.4 Å². The number of hydrogen-bond acceptors (Lipinski definition) is 2. The van der Waals surface area contributed by atoms with Crippen LogP contribution in [0.3, 0.4) is 0 Å². The molecule has 1 N–H and O–H groups in total. The van der Waals surface area contributed by atoms with Gasteiger partial charge in [0.25, 0.3) is 0 Å². The van der Waals surface area contributed by atoms with Gasteiger partial charge < -0.3 is 5.32 Å². The molecule has 0 unspecified atom stereocenters. The molecule has 1 aromatic carbocycles. The van der Waals surface area contributed by atoms with E-state index in [0.717, 1.165) is 38.2 Å². The molecule has 0 radical (unpaired) electrons. The first-order chi connectivity index (χ1) is 9.24. The second-order valence-electron chi connectivity index (χ2n) is 5.40. The summed E-state index contributed by atoms with van der Waals surface area (Å²) in [4.78, 5) is 2.51. The van der Waals surface area contributed by atoms with Crippen LogP contribution in [0.1, 0.15) is 43.4 Å². The fourth-order valence-electron chi connectivity index (χ4n) is 2.91. The quantitative estimate of drug-likeness (QED) is 0.878. The van der Waals surface area contributed by atoms with Gasteiger partial charge in [-0.1, -0.05) is 31.9 Å². The van der Waals surface area contributed by atoms with Crippen molar-refractivity contribution >= 4 is 0 Å². The van der Waals surface area contributed by atoms with Crippen LogP contribution in [0.25, 0.3) is 0 Å². The van der Waals surface area contributed by atoms with Crippen LogP contribution in [0.4, 0.5) is 4.39 Å². The van der Waals surface area contributed by atoms with E-state index in [-0.39, 0.29) is 5.82 Å². The van der Waals surface area contributed by atoms with Gasteiger partial charge in [0.05, 0.1) is 0 Å². The molecule has 3 heteroatoms. The minimum absolute atomic E-state index is 0.0749. The molecule has 0 amide bonds. The molecule has 0 bridgehead atoms. The summed E-state index contributed by atoms with van der Waals surface area (Å²) in [6.07, 6.45) is 3.52. The minimum atomic E-state index is -0.0749. The van der Waals surface area contributed by atoms with Crippen molar-refractivity contribution in [1.82, 2.24) is 10.2 Å². The summed E-state index contributed by atoms with van der Waals surface area (Å²) in [6, 6.07) is 5.88. The zero-order chi connectivity index (χ0) is 13.7. The van der Waals surface area contributed by atoms with Crippen molar-refractivity contribution in [1.29, 1.82) is 0 Å². The maximum absolute atomic E-state index is 13.8. The van der Waals surface area contributed by atoms with Crippen LogP contribution in [0.15, 0.2) is 18.2 Å². The maximum atomic E-state index is 13.8. The highest BCUT2D eigenvalue weighted by Crippen LogP contribution is 2.30. The summed E-state index contributed by atoms with van der Waals surface area (Å²) < 4.78 is 13.8. The Bertz CT molecular complexity index is 400. The fraction of sp³-hybridized carbons (Fsp3) is 0.625. The Hall–Kier alpha value is -0.930. The van der Waals surface area contributed by atoms with Crippen LogP contribution in [0.2, 0.25) is 0 Å². The molecule has 1 atom stereocenters. The molecule has 106 valence electrons. The van der Waals surface area contributed by atoms with E-state index >= 15 is 0 Å². The Kier molecular flexibility index (Phi) is 5.34. The average molecular weight is 264 g/mol. The number of hydrogen-bond donors (Lipinski definition) is 1. The van der Waals surface area contributed by atoms with E-state index in [1.807, 2.05) is 13.0 Å². The molecule has 2 rings (SSSR count). The minimum Gasteiger partial charge on any atom is -0.314 e. The maximum Gasteiger partial charge on any atom is 0.126 e. The highest BCUT2D eigenvalue weighted by Gasteiger charge is 2.23. The highest BCUT2D eigenvalue weighted by atomic mass is 19.1. The van der Waals surface area contributed by atoms with Gasteiger partial charge in [0, 0.05) is 32.2 Å². The lowest BCUT2D eigenvalue weighted by Crippen LogP contribution is -2.45. The zero-order valence-corrected chi connectivity index (χ0v) is 12.1. The molecule has 19 heavy (non-hydrogen) atoms. The van der Waals surface area contributed by atoms with E-state index in [1.54, 1.807) is 6.07 Å². The van der Waals surface area contributed by atoms with Crippen molar-refractivity contribution in [3.05, 3.63) is 35.1 Å². The second kappa shape index (κ2) is 7.01. The molecular formula is C16H25FN2. The highest BCUT2D eigenvalue weighted by molar-refractivity contribution is 5.30. The van der Waals surface area contributed by atoms with Gasteiger partial charge in [0.1, 0.15) is 5.82 Å². The van der Waals surface area contributed by atoms with E-state index in [0.29, 0.717) is 6.04 Å². The van der Waals surface area contributed by atoms with Gasteiger partial charge in [0.2, 0.25) is 0 Å². The molecule has 1 heterocycles. The van der Waals surface area contributed by atoms with Crippen LogP contribution < -0.4 is 5.32 Å². The van der Waals surface area contributed by atoms with E-state index in [2.05, 4.69) is 23.2 Å². The Labute approximate surface area is 116 Å². The number of rotatable bonds is 5. The topological polar surface area (TPSA) is 15.3 Å². The fourth-order valence-corrected chi connectivity index (χ4v) is 2.91. The van der Waals surface area contributed by atoms with Crippen molar-refractivity contribution in [2.24, 2.45) is 0 Å². The monoisotopic (exact) mass is 264 g/mol. The van der Waals surface area contributed by atoms with E-state index in [4.69, 9.17) is 0 Å². The molecule has 1 aliphatic rings. The lowest BCUT2D eigenvalue weighted by Gasteiger charge is -2.36. The third kappa shape index (κ3) is 3.54. The molecule has 0 aliphatic carbocycles. The summed E-state index contributed by atoms with van der Waals surface area (Å²) in [5.41, 5.74) is 2.00. The Balaban J connectivity index is 2.22. The van der Waals surface area contributed by atoms with Crippen molar-refractivity contribution in [2.75, 3.05) is 26.2 Å². The number of piperazine rings is 1. The first-order valence-electron chi connectivity index (χ1n) is 7.43. The van der Waals surface area contributed by atoms with Gasteiger partial charge in [-0.3, -0.25) is 4.90 Å². The SMILES string of the molecule is CCCC[C@@H](c1cccc(F)c1C)N1CCNCC1. The molecule has 1 saturated heterocycles. The second-order valence-corrected chi connectivity index (χ2v) is 5.40. The number of nitrogens with zero attached hydrogens (tertiary/aromatic N) is 1. The van der Waals surface area contributed by atoms with Crippen molar-refractivity contribution in [3.63, 3.8) is 0 Å². The molecule has 0 aromatic heterocycles. The third-order valence-electron chi connectivity index (χ3n) is 4.09. The standard InChI is InChI=1S/C16H25FN2/c1-3-4-8-16(19-11-9-18-10-12-19)14-6-5-7-15(17)13(14)2/h5-7,16,18H,3-4,8-12H2,1-2H3/t16-/m0/s1. The van der Waals surface area contributed by atoms with Crippen LogP contribution in [0, 0.1) is 12.7 Å². The number of benzene rings is 1. The summed E-state index contributed by atoms with van der Waals surface area (Å²) in [7, 11) is 0. The van der Waals surface area contributed by atoms with Gasteiger partial charge in [-0.25, -0.2) is 4.39 Å². The zero-order valence-electron chi connectivity index (χ0n) is 12.1. The van der Waals surface area contributed by atoms with Crippen LogP contribution >= 0.6 is 0 Å². The van der Waals surface area contributed by atoms with Gasteiger partial charge >= 0.3 is 0 Å². The molecule has 1 fully saturated rings. The Morgan fingerprint density at radius 2 is 2.05 bits per heavy atom. The third-order valence-corrected chi connectivity index (χ3v) is 4.09. The number of halogens is 1. The molecule has 2 nitrogen and oxygen atoms in total.